The summed E-state index contributed by atoms with van der Waals surface area (Å²) in [6.45, 7) is 12.7. The Morgan fingerprint density at radius 1 is 1.19 bits per heavy atom. The third-order valence-corrected chi connectivity index (χ3v) is 8.66. The van der Waals surface area contributed by atoms with E-state index < -0.39 is 7.26 Å². The van der Waals surface area contributed by atoms with E-state index in [-0.39, 0.29) is 5.97 Å². The van der Waals surface area contributed by atoms with Crippen LogP contribution >= 0.6 is 7.26 Å². The summed E-state index contributed by atoms with van der Waals surface area (Å²) in [5.74, 6) is -0.256. The van der Waals surface area contributed by atoms with E-state index in [1.165, 1.54) is 24.6 Å². The van der Waals surface area contributed by atoms with Gasteiger partial charge in [0, 0.05) is 19.3 Å². The van der Waals surface area contributed by atoms with Gasteiger partial charge in [-0.15, -0.1) is 0 Å². The molecule has 0 aromatic heterocycles. The van der Waals surface area contributed by atoms with E-state index >= 15 is 0 Å². The summed E-state index contributed by atoms with van der Waals surface area (Å²) in [7, 11) is -0.736. The third-order valence-electron chi connectivity index (χ3n) is 3.37. The van der Waals surface area contributed by atoms with Gasteiger partial charge < -0.3 is 4.74 Å². The van der Waals surface area contributed by atoms with E-state index in [1.54, 1.807) is 6.92 Å². The second kappa shape index (κ2) is 7.84. The lowest BCUT2D eigenvalue weighted by Gasteiger charge is -2.23. The summed E-state index contributed by atoms with van der Waals surface area (Å²) in [6.07, 6.45) is 6.19. The summed E-state index contributed by atoms with van der Waals surface area (Å²) < 4.78 is 5.11. The average Bonchev–Trinajstić information content (AvgIpc) is 2.30. The van der Waals surface area contributed by atoms with E-state index in [1.807, 2.05) is 0 Å². The largest absolute Gasteiger partial charge is 0.462 e. The molecule has 3 heteroatoms. The molecule has 0 aromatic rings. The normalized spacial score (nSPS) is 11.2. The minimum absolute atomic E-state index is 0.256. The van der Waals surface area contributed by atoms with Crippen molar-refractivity contribution in [2.45, 2.75) is 34.1 Å². The second-order valence-electron chi connectivity index (χ2n) is 4.28. The summed E-state index contributed by atoms with van der Waals surface area (Å²) in [5.41, 5.74) is 0.488. The molecule has 0 saturated heterocycles. The van der Waals surface area contributed by atoms with Crippen molar-refractivity contribution in [2.75, 3.05) is 31.3 Å². The summed E-state index contributed by atoms with van der Waals surface area (Å²) in [6, 6.07) is 0. The number of ether oxygens (including phenoxy) is 1. The Bertz CT molecular complexity index is 224. The average molecular weight is 245 g/mol. The standard InChI is InChI=1S/C13H26O2P/c1-6-16(7-2,8-3)11-9-10-15-13(14)12(4)5/h4,6-11H2,1-3,5H3/q+1. The van der Waals surface area contributed by atoms with Crippen LogP contribution in [0.5, 0.6) is 0 Å². The van der Waals surface area contributed by atoms with Crippen molar-refractivity contribution in [3.8, 4) is 0 Å². The number of hydrogen-bond donors (Lipinski definition) is 0. The fourth-order valence-electron chi connectivity index (χ4n) is 1.83. The maximum absolute atomic E-state index is 11.2. The second-order valence-corrected chi connectivity index (χ2v) is 9.31. The fourth-order valence-corrected chi connectivity index (χ4v) is 4.92. The number of hydrogen-bond acceptors (Lipinski definition) is 2. The molecule has 0 rings (SSSR count). The molecule has 0 fully saturated rings. The first-order valence-electron chi connectivity index (χ1n) is 6.19. The molecule has 0 saturated carbocycles. The van der Waals surface area contributed by atoms with Crippen molar-refractivity contribution < 1.29 is 9.53 Å². The van der Waals surface area contributed by atoms with Crippen molar-refractivity contribution in [3.63, 3.8) is 0 Å². The van der Waals surface area contributed by atoms with Gasteiger partial charge in [0.25, 0.3) is 0 Å². The van der Waals surface area contributed by atoms with Gasteiger partial charge in [0.05, 0.1) is 31.3 Å². The molecule has 94 valence electrons. The number of carbonyl (C=O) groups excluding carboxylic acids is 1. The van der Waals surface area contributed by atoms with Crippen molar-refractivity contribution in [2.24, 2.45) is 0 Å². The zero-order valence-corrected chi connectivity index (χ0v) is 12.1. The van der Waals surface area contributed by atoms with Gasteiger partial charge in [-0.2, -0.15) is 0 Å². The summed E-state index contributed by atoms with van der Waals surface area (Å²) in [4.78, 5) is 11.2. The van der Waals surface area contributed by atoms with Crippen molar-refractivity contribution in [1.82, 2.24) is 0 Å². The molecule has 0 radical (unpaired) electrons. The van der Waals surface area contributed by atoms with E-state index in [9.17, 15) is 4.79 Å². The highest BCUT2D eigenvalue weighted by Crippen LogP contribution is 2.57. The molecular formula is C13H26O2P+. The van der Waals surface area contributed by atoms with Crippen LogP contribution in [-0.2, 0) is 9.53 Å². The first-order chi connectivity index (χ1) is 7.51. The van der Waals surface area contributed by atoms with Crippen LogP contribution in [0, 0.1) is 0 Å². The lowest BCUT2D eigenvalue weighted by Crippen LogP contribution is -2.12. The Balaban J connectivity index is 3.88. The predicted molar refractivity (Wildman–Crippen MR) is 73.8 cm³/mol. The molecule has 0 aromatic carbocycles. The zero-order valence-electron chi connectivity index (χ0n) is 11.2. The number of esters is 1. The Morgan fingerprint density at radius 3 is 2.06 bits per heavy atom. The molecule has 2 nitrogen and oxygen atoms in total. The predicted octanol–water partition coefficient (Wildman–Crippen LogP) is 3.57. The van der Waals surface area contributed by atoms with Gasteiger partial charge >= 0.3 is 5.97 Å². The van der Waals surface area contributed by atoms with Gasteiger partial charge in [-0.1, -0.05) is 6.58 Å². The molecule has 16 heavy (non-hydrogen) atoms. The van der Waals surface area contributed by atoms with Crippen LogP contribution in [0.15, 0.2) is 12.2 Å². The van der Waals surface area contributed by atoms with Crippen LogP contribution in [0.1, 0.15) is 34.1 Å². The van der Waals surface area contributed by atoms with Crippen LogP contribution in [-0.4, -0.2) is 37.2 Å². The van der Waals surface area contributed by atoms with Crippen LogP contribution in [0.3, 0.4) is 0 Å². The topological polar surface area (TPSA) is 26.3 Å². The Labute approximate surface area is 101 Å². The molecule has 0 aliphatic heterocycles. The van der Waals surface area contributed by atoms with Crippen LogP contribution in [0.2, 0.25) is 0 Å². The minimum Gasteiger partial charge on any atom is -0.462 e. The molecule has 0 aliphatic rings. The van der Waals surface area contributed by atoms with Crippen LogP contribution < -0.4 is 0 Å². The summed E-state index contributed by atoms with van der Waals surface area (Å²) in [5, 5.41) is 0. The Kier molecular flexibility index (Phi) is 7.66. The molecule has 0 N–H and O–H groups in total. The van der Waals surface area contributed by atoms with E-state index in [0.29, 0.717) is 12.2 Å². The fraction of sp³-hybridized carbons (Fsp3) is 0.769. The minimum atomic E-state index is -0.736. The van der Waals surface area contributed by atoms with Gasteiger partial charge in [0.1, 0.15) is 0 Å². The molecule has 0 heterocycles. The maximum atomic E-state index is 11.2. The van der Waals surface area contributed by atoms with Crippen molar-refractivity contribution >= 4 is 13.2 Å². The van der Waals surface area contributed by atoms with E-state index in [0.717, 1.165) is 6.42 Å². The first kappa shape index (κ1) is 15.6. The van der Waals surface area contributed by atoms with Gasteiger partial charge in [-0.3, -0.25) is 0 Å². The quantitative estimate of drug-likeness (QED) is 0.283. The number of carbonyl (C=O) groups is 1. The zero-order chi connectivity index (χ0) is 12.6. The van der Waals surface area contributed by atoms with Crippen LogP contribution in [0.25, 0.3) is 0 Å². The highest BCUT2D eigenvalue weighted by Gasteiger charge is 2.30. The highest BCUT2D eigenvalue weighted by molar-refractivity contribution is 7.75. The van der Waals surface area contributed by atoms with Crippen molar-refractivity contribution in [1.29, 1.82) is 0 Å². The van der Waals surface area contributed by atoms with Gasteiger partial charge in [0.15, 0.2) is 0 Å². The SMILES string of the molecule is C=C(C)C(=O)OCCC[P+](CC)(CC)CC. The molecule has 0 atom stereocenters. The molecule has 0 spiro atoms. The van der Waals surface area contributed by atoms with Crippen molar-refractivity contribution in [3.05, 3.63) is 12.2 Å². The van der Waals surface area contributed by atoms with E-state index in [2.05, 4.69) is 27.4 Å². The Morgan fingerprint density at radius 2 is 1.69 bits per heavy atom. The molecule has 0 amide bonds. The molecule has 0 bridgehead atoms. The monoisotopic (exact) mass is 245 g/mol. The van der Waals surface area contributed by atoms with Crippen LogP contribution in [0.4, 0.5) is 0 Å². The lowest BCUT2D eigenvalue weighted by atomic mass is 10.4. The van der Waals surface area contributed by atoms with Gasteiger partial charge in [-0.25, -0.2) is 4.79 Å². The Hall–Kier alpha value is -0.360. The number of rotatable bonds is 8. The first-order valence-corrected chi connectivity index (χ1v) is 8.72. The smallest absolute Gasteiger partial charge is 0.333 e. The molecule has 0 aliphatic carbocycles. The van der Waals surface area contributed by atoms with E-state index in [4.69, 9.17) is 4.74 Å². The maximum Gasteiger partial charge on any atom is 0.333 e. The molecule has 0 unspecified atom stereocenters. The van der Waals surface area contributed by atoms with Gasteiger partial charge in [0.2, 0.25) is 0 Å². The third kappa shape index (κ3) is 5.12. The lowest BCUT2D eigenvalue weighted by molar-refractivity contribution is -0.138. The highest BCUT2D eigenvalue weighted by atomic mass is 31.2. The summed E-state index contributed by atoms with van der Waals surface area (Å²) >= 11 is 0. The van der Waals surface area contributed by atoms with Gasteiger partial charge in [-0.05, 0) is 27.7 Å². The molecular weight excluding hydrogens is 219 g/mol.